The molecule has 0 aromatic heterocycles. The number of carbonyl (C=O) groups is 2. The molecule has 0 radical (unpaired) electrons. The Hall–Kier alpha value is -2.85. The van der Waals surface area contributed by atoms with Crippen LogP contribution in [0.3, 0.4) is 0 Å². The highest BCUT2D eigenvalue weighted by Gasteiger charge is 2.52. The van der Waals surface area contributed by atoms with Gasteiger partial charge in [0.2, 0.25) is 0 Å². The summed E-state index contributed by atoms with van der Waals surface area (Å²) in [6.45, 7) is -0.0356. The Bertz CT molecular complexity index is 993. The second-order valence-electron chi connectivity index (χ2n) is 6.46. The highest BCUT2D eigenvalue weighted by Crippen LogP contribution is 2.30. The number of carboxylic acid groups (broad SMARTS) is 1. The van der Waals surface area contributed by atoms with Gasteiger partial charge in [0.05, 0.1) is 18.1 Å². The second-order valence-corrected chi connectivity index (χ2v) is 8.64. The molecule has 1 heterocycles. The number of benzene rings is 1. The molecule has 8 nitrogen and oxygen atoms in total. The molecule has 0 spiro atoms. The van der Waals surface area contributed by atoms with E-state index in [1.807, 2.05) is 0 Å². The lowest BCUT2D eigenvalue weighted by Gasteiger charge is -2.32. The van der Waals surface area contributed by atoms with Crippen molar-refractivity contribution < 1.29 is 33.0 Å². The standard InChI is InChI=1S/C20H21NO7S/c1-28-20(11-13-29(26,27)14-20)17(19(24)25)21-18(23)16-9-7-15(8-10-16)6-4-2-3-5-12-22/h7-10,17,22H,5,11-14H2,1H3,(H,21,23)(H,24,25)/t17-,20-/m1/s1. The Kier molecular flexibility index (Phi) is 7.40. The number of hydrogen-bond acceptors (Lipinski definition) is 6. The first-order valence-corrected chi connectivity index (χ1v) is 10.5. The summed E-state index contributed by atoms with van der Waals surface area (Å²) in [5, 5.41) is 20.6. The Morgan fingerprint density at radius 3 is 2.48 bits per heavy atom. The summed E-state index contributed by atoms with van der Waals surface area (Å²) in [6.07, 6.45) is 0.317. The van der Waals surface area contributed by atoms with Gasteiger partial charge in [0, 0.05) is 24.7 Å². The largest absolute Gasteiger partial charge is 0.480 e. The van der Waals surface area contributed by atoms with E-state index in [1.54, 1.807) is 12.1 Å². The molecule has 1 aromatic carbocycles. The molecule has 1 aliphatic heterocycles. The number of nitrogens with one attached hydrogen (secondary N) is 1. The zero-order chi connectivity index (χ0) is 21.5. The molecule has 9 heteroatoms. The van der Waals surface area contributed by atoms with Gasteiger partial charge >= 0.3 is 5.97 Å². The fourth-order valence-corrected chi connectivity index (χ4v) is 4.93. The van der Waals surface area contributed by atoms with E-state index in [9.17, 15) is 23.1 Å². The fraction of sp³-hybridized carbons (Fsp3) is 0.400. The van der Waals surface area contributed by atoms with Gasteiger partial charge < -0.3 is 20.3 Å². The fourth-order valence-electron chi connectivity index (χ4n) is 2.96. The van der Waals surface area contributed by atoms with Gasteiger partial charge in [-0.15, -0.1) is 0 Å². The normalized spacial score (nSPS) is 20.5. The van der Waals surface area contributed by atoms with Crippen LogP contribution in [0.2, 0.25) is 0 Å². The van der Waals surface area contributed by atoms with Gasteiger partial charge in [0.15, 0.2) is 15.9 Å². The summed E-state index contributed by atoms with van der Waals surface area (Å²) in [4.78, 5) is 24.3. The molecule has 154 valence electrons. The van der Waals surface area contributed by atoms with Crippen LogP contribution in [0, 0.1) is 23.7 Å². The van der Waals surface area contributed by atoms with Gasteiger partial charge in [-0.2, -0.15) is 0 Å². The van der Waals surface area contributed by atoms with Crippen molar-refractivity contribution in [2.75, 3.05) is 25.2 Å². The molecule has 0 saturated carbocycles. The van der Waals surface area contributed by atoms with Gasteiger partial charge in [0.1, 0.15) is 5.60 Å². The molecule has 2 rings (SSSR count). The van der Waals surface area contributed by atoms with Gasteiger partial charge in [0.25, 0.3) is 5.91 Å². The summed E-state index contributed by atoms with van der Waals surface area (Å²) in [6, 6.07) is 4.60. The van der Waals surface area contributed by atoms with Gasteiger partial charge in [-0.25, -0.2) is 13.2 Å². The van der Waals surface area contributed by atoms with Crippen molar-refractivity contribution in [2.45, 2.75) is 24.5 Å². The summed E-state index contributed by atoms with van der Waals surface area (Å²) < 4.78 is 29.0. The molecule has 1 saturated heterocycles. The quantitative estimate of drug-likeness (QED) is 0.545. The van der Waals surface area contributed by atoms with Crippen LogP contribution in [0.5, 0.6) is 0 Å². The number of rotatable bonds is 6. The van der Waals surface area contributed by atoms with Crippen LogP contribution >= 0.6 is 0 Å². The third-order valence-electron chi connectivity index (χ3n) is 4.50. The first-order valence-electron chi connectivity index (χ1n) is 8.72. The second kappa shape index (κ2) is 9.57. The number of amides is 1. The summed E-state index contributed by atoms with van der Waals surface area (Å²) in [5.74, 6) is 7.92. The topological polar surface area (TPSA) is 130 Å². The van der Waals surface area contributed by atoms with Crippen LogP contribution in [0.15, 0.2) is 24.3 Å². The van der Waals surface area contributed by atoms with E-state index in [-0.39, 0.29) is 24.3 Å². The minimum Gasteiger partial charge on any atom is -0.480 e. The number of carboxylic acids is 1. The van der Waals surface area contributed by atoms with Crippen molar-refractivity contribution in [3.8, 4) is 23.7 Å². The van der Waals surface area contributed by atoms with Crippen molar-refractivity contribution >= 4 is 21.7 Å². The highest BCUT2D eigenvalue weighted by molar-refractivity contribution is 7.91. The molecular formula is C20H21NO7S. The molecule has 1 aliphatic rings. The van der Waals surface area contributed by atoms with Crippen molar-refractivity contribution in [3.63, 3.8) is 0 Å². The number of ether oxygens (including phenoxy) is 1. The zero-order valence-electron chi connectivity index (χ0n) is 15.8. The summed E-state index contributed by atoms with van der Waals surface area (Å²) in [7, 11) is -2.21. The molecule has 29 heavy (non-hydrogen) atoms. The number of sulfone groups is 1. The average Bonchev–Trinajstić information content (AvgIpc) is 3.01. The van der Waals surface area contributed by atoms with Gasteiger partial charge in [-0.1, -0.05) is 11.8 Å². The number of hydrogen-bond donors (Lipinski definition) is 3. The summed E-state index contributed by atoms with van der Waals surface area (Å²) in [5.41, 5.74) is -0.718. The Morgan fingerprint density at radius 1 is 1.28 bits per heavy atom. The Labute approximate surface area is 169 Å². The Morgan fingerprint density at radius 2 is 1.97 bits per heavy atom. The lowest BCUT2D eigenvalue weighted by molar-refractivity contribution is -0.147. The molecule has 0 unspecified atom stereocenters. The van der Waals surface area contributed by atoms with Crippen molar-refractivity contribution in [1.82, 2.24) is 5.32 Å². The number of methoxy groups -OCH3 is 1. The Balaban J connectivity index is 2.15. The predicted octanol–water partition coefficient (Wildman–Crippen LogP) is -0.189. The maximum absolute atomic E-state index is 12.5. The molecular weight excluding hydrogens is 398 g/mol. The number of aliphatic carboxylic acids is 1. The minimum absolute atomic E-state index is 0.0189. The first-order chi connectivity index (χ1) is 13.7. The molecule has 1 amide bonds. The first kappa shape index (κ1) is 22.4. The van der Waals surface area contributed by atoms with Crippen molar-refractivity contribution in [3.05, 3.63) is 35.4 Å². The van der Waals surface area contributed by atoms with Crippen LogP contribution in [-0.2, 0) is 19.4 Å². The third kappa shape index (κ3) is 5.81. The average molecular weight is 419 g/mol. The lowest BCUT2D eigenvalue weighted by atomic mass is 9.92. The monoisotopic (exact) mass is 419 g/mol. The van der Waals surface area contributed by atoms with Crippen LogP contribution < -0.4 is 5.32 Å². The van der Waals surface area contributed by atoms with Crippen molar-refractivity contribution in [1.29, 1.82) is 0 Å². The van der Waals surface area contributed by atoms with E-state index in [2.05, 4.69) is 29.0 Å². The minimum atomic E-state index is -3.45. The van der Waals surface area contributed by atoms with E-state index < -0.39 is 39.1 Å². The van der Waals surface area contributed by atoms with E-state index in [0.717, 1.165) is 0 Å². The smallest absolute Gasteiger partial charge is 0.329 e. The molecule has 3 N–H and O–H groups in total. The van der Waals surface area contributed by atoms with Crippen LogP contribution in [0.1, 0.15) is 28.8 Å². The number of aliphatic hydroxyl groups excluding tert-OH is 1. The maximum Gasteiger partial charge on any atom is 0.329 e. The van der Waals surface area contributed by atoms with Crippen LogP contribution in [0.25, 0.3) is 0 Å². The lowest BCUT2D eigenvalue weighted by Crippen LogP contribution is -2.58. The van der Waals surface area contributed by atoms with Crippen molar-refractivity contribution in [2.24, 2.45) is 0 Å². The van der Waals surface area contributed by atoms with Gasteiger partial charge in [-0.3, -0.25) is 4.79 Å². The van der Waals surface area contributed by atoms with E-state index in [4.69, 9.17) is 9.84 Å². The van der Waals surface area contributed by atoms with Crippen LogP contribution in [0.4, 0.5) is 0 Å². The SMILES string of the molecule is CO[C@]1([C@H](NC(=O)c2ccc(C#CC#CCCO)cc2)C(=O)O)CCS(=O)(=O)C1. The molecule has 1 aromatic rings. The van der Waals surface area contributed by atoms with E-state index >= 15 is 0 Å². The zero-order valence-corrected chi connectivity index (χ0v) is 16.6. The maximum atomic E-state index is 12.5. The molecule has 1 fully saturated rings. The van der Waals surface area contributed by atoms with E-state index in [1.165, 1.54) is 19.2 Å². The number of carbonyl (C=O) groups excluding carboxylic acids is 1. The molecule has 0 aliphatic carbocycles. The molecule has 2 atom stereocenters. The van der Waals surface area contributed by atoms with E-state index in [0.29, 0.717) is 12.0 Å². The number of aliphatic hydroxyl groups is 1. The predicted molar refractivity (Wildman–Crippen MR) is 105 cm³/mol. The summed E-state index contributed by atoms with van der Waals surface area (Å²) >= 11 is 0. The van der Waals surface area contributed by atoms with Crippen LogP contribution in [-0.4, -0.2) is 67.4 Å². The van der Waals surface area contributed by atoms with Gasteiger partial charge in [-0.05, 0) is 42.5 Å². The molecule has 0 bridgehead atoms. The third-order valence-corrected chi connectivity index (χ3v) is 6.25. The highest BCUT2D eigenvalue weighted by atomic mass is 32.2.